The van der Waals surface area contributed by atoms with Crippen LogP contribution in [0.15, 0.2) is 47.5 Å². The maximum Gasteiger partial charge on any atom is 0.266 e. The molecule has 0 fully saturated rings. The predicted octanol–water partition coefficient (Wildman–Crippen LogP) is 2.70. The van der Waals surface area contributed by atoms with Gasteiger partial charge in [-0.3, -0.25) is 9.36 Å². The van der Waals surface area contributed by atoms with Crippen molar-refractivity contribution in [2.75, 3.05) is 5.73 Å². The standard InChI is InChI=1S/C21H16F2N8O/c1-10-4-3-5-15-16(10)21(32)30(14-7-12(22)6-13(23)8-14)19(27-15)11(2)31-20-17(28-29-31)18(24)25-9-26-20/h3-9,11H,1-2H3,(H2,24,25,26). The average molecular weight is 434 g/mol. The van der Waals surface area contributed by atoms with Crippen molar-refractivity contribution in [1.29, 1.82) is 0 Å². The van der Waals surface area contributed by atoms with Gasteiger partial charge >= 0.3 is 0 Å². The van der Waals surface area contributed by atoms with Crippen LogP contribution in [0.3, 0.4) is 0 Å². The molecule has 0 bridgehead atoms. The number of benzene rings is 2. The van der Waals surface area contributed by atoms with Crippen LogP contribution in [0.1, 0.15) is 24.4 Å². The number of nitrogens with two attached hydrogens (primary N) is 1. The minimum absolute atomic E-state index is 0.00515. The van der Waals surface area contributed by atoms with Gasteiger partial charge in [-0.2, -0.15) is 0 Å². The van der Waals surface area contributed by atoms with E-state index in [-0.39, 0.29) is 17.3 Å². The van der Waals surface area contributed by atoms with Gasteiger partial charge in [0.05, 0.1) is 16.6 Å². The lowest BCUT2D eigenvalue weighted by Gasteiger charge is -2.19. The van der Waals surface area contributed by atoms with Gasteiger partial charge in [-0.05, 0) is 37.6 Å². The second kappa shape index (κ2) is 7.15. The Balaban J connectivity index is 1.85. The quantitative estimate of drug-likeness (QED) is 0.464. The van der Waals surface area contributed by atoms with Crippen LogP contribution in [-0.2, 0) is 0 Å². The fourth-order valence-corrected chi connectivity index (χ4v) is 3.76. The molecule has 1 atom stereocenters. The minimum atomic E-state index is -0.817. The van der Waals surface area contributed by atoms with Crippen LogP contribution in [0, 0.1) is 18.6 Å². The molecule has 1 unspecified atom stereocenters. The zero-order valence-electron chi connectivity index (χ0n) is 17.0. The maximum atomic E-state index is 14.1. The summed E-state index contributed by atoms with van der Waals surface area (Å²) in [4.78, 5) is 26.3. The number of hydrogen-bond donors (Lipinski definition) is 1. The molecule has 3 heterocycles. The SMILES string of the molecule is Cc1cccc2nc(C(C)n3nnc4c(N)ncnc43)n(-c3cc(F)cc(F)c3)c(=O)c12. The molecule has 11 heteroatoms. The normalized spacial score (nSPS) is 12.5. The molecule has 3 aromatic heterocycles. The van der Waals surface area contributed by atoms with Crippen LogP contribution in [0.25, 0.3) is 27.8 Å². The van der Waals surface area contributed by atoms with Gasteiger partial charge in [-0.15, -0.1) is 5.10 Å². The van der Waals surface area contributed by atoms with Crippen molar-refractivity contribution in [2.24, 2.45) is 0 Å². The summed E-state index contributed by atoms with van der Waals surface area (Å²) in [6.07, 6.45) is 1.27. The molecule has 0 aliphatic rings. The van der Waals surface area contributed by atoms with Gasteiger partial charge in [0.2, 0.25) is 0 Å². The third-order valence-electron chi connectivity index (χ3n) is 5.27. The van der Waals surface area contributed by atoms with Crippen LogP contribution < -0.4 is 11.3 Å². The molecule has 9 nitrogen and oxygen atoms in total. The number of aryl methyl sites for hydroxylation is 1. The summed E-state index contributed by atoms with van der Waals surface area (Å²) >= 11 is 0. The Bertz CT molecular complexity index is 1560. The first-order valence-corrected chi connectivity index (χ1v) is 9.65. The first kappa shape index (κ1) is 19.7. The van der Waals surface area contributed by atoms with E-state index in [9.17, 15) is 13.6 Å². The van der Waals surface area contributed by atoms with E-state index in [0.717, 1.165) is 18.2 Å². The Morgan fingerprint density at radius 1 is 1.09 bits per heavy atom. The first-order chi connectivity index (χ1) is 15.3. The van der Waals surface area contributed by atoms with Gasteiger partial charge in [0.25, 0.3) is 5.56 Å². The van der Waals surface area contributed by atoms with E-state index in [4.69, 9.17) is 5.73 Å². The van der Waals surface area contributed by atoms with Crippen molar-refractivity contribution in [3.8, 4) is 5.69 Å². The predicted molar refractivity (Wildman–Crippen MR) is 113 cm³/mol. The van der Waals surface area contributed by atoms with Crippen molar-refractivity contribution in [1.82, 2.24) is 34.5 Å². The monoisotopic (exact) mass is 434 g/mol. The Kier molecular flexibility index (Phi) is 4.40. The molecule has 160 valence electrons. The fourth-order valence-electron chi connectivity index (χ4n) is 3.76. The number of halogens is 2. The zero-order chi connectivity index (χ0) is 22.6. The third-order valence-corrected chi connectivity index (χ3v) is 5.27. The number of hydrogen-bond acceptors (Lipinski definition) is 7. The Labute approximate surface area is 179 Å². The molecule has 0 aliphatic heterocycles. The summed E-state index contributed by atoms with van der Waals surface area (Å²) in [5, 5.41) is 8.48. The number of anilines is 1. The van der Waals surface area contributed by atoms with Gasteiger partial charge in [0.1, 0.15) is 29.8 Å². The van der Waals surface area contributed by atoms with Crippen LogP contribution in [0.2, 0.25) is 0 Å². The van der Waals surface area contributed by atoms with E-state index < -0.39 is 23.2 Å². The summed E-state index contributed by atoms with van der Waals surface area (Å²) in [6, 6.07) is 7.45. The van der Waals surface area contributed by atoms with Crippen molar-refractivity contribution < 1.29 is 8.78 Å². The minimum Gasteiger partial charge on any atom is -0.382 e. The highest BCUT2D eigenvalue weighted by atomic mass is 19.1. The van der Waals surface area contributed by atoms with Crippen molar-refractivity contribution >= 4 is 27.9 Å². The molecular weight excluding hydrogens is 418 g/mol. The lowest BCUT2D eigenvalue weighted by molar-refractivity contribution is 0.516. The number of nitrogen functional groups attached to an aromatic ring is 1. The first-order valence-electron chi connectivity index (χ1n) is 9.65. The van der Waals surface area contributed by atoms with Crippen molar-refractivity contribution in [2.45, 2.75) is 19.9 Å². The highest BCUT2D eigenvalue weighted by molar-refractivity contribution is 5.82. The average Bonchev–Trinajstić information content (AvgIpc) is 3.17. The largest absolute Gasteiger partial charge is 0.382 e. The number of nitrogens with zero attached hydrogens (tertiary/aromatic N) is 7. The fraction of sp³-hybridized carbons (Fsp3) is 0.143. The molecule has 0 spiro atoms. The molecule has 5 aromatic rings. The molecular formula is C21H16F2N8O. The molecule has 0 saturated carbocycles. The van der Waals surface area contributed by atoms with E-state index >= 15 is 0 Å². The smallest absolute Gasteiger partial charge is 0.266 e. The summed E-state index contributed by atoms with van der Waals surface area (Å²) < 4.78 is 30.7. The van der Waals surface area contributed by atoms with Gasteiger partial charge in [0.15, 0.2) is 17.0 Å². The van der Waals surface area contributed by atoms with Gasteiger partial charge < -0.3 is 5.73 Å². The van der Waals surface area contributed by atoms with E-state index in [2.05, 4.69) is 25.3 Å². The lowest BCUT2D eigenvalue weighted by atomic mass is 10.1. The molecule has 2 N–H and O–H groups in total. The van der Waals surface area contributed by atoms with Gasteiger partial charge in [-0.25, -0.2) is 28.4 Å². The molecule has 5 rings (SSSR count). The third kappa shape index (κ3) is 2.97. The zero-order valence-corrected chi connectivity index (χ0v) is 17.0. The van der Waals surface area contributed by atoms with Crippen LogP contribution >= 0.6 is 0 Å². The lowest BCUT2D eigenvalue weighted by Crippen LogP contribution is -2.28. The van der Waals surface area contributed by atoms with Crippen molar-refractivity contribution in [3.63, 3.8) is 0 Å². The topological polar surface area (TPSA) is 117 Å². The van der Waals surface area contributed by atoms with E-state index in [1.165, 1.54) is 15.6 Å². The van der Waals surface area contributed by atoms with Crippen LogP contribution in [0.5, 0.6) is 0 Å². The van der Waals surface area contributed by atoms with Gasteiger partial charge in [-0.1, -0.05) is 17.3 Å². The second-order valence-electron chi connectivity index (χ2n) is 7.35. The summed E-state index contributed by atoms with van der Waals surface area (Å²) in [5.74, 6) is -1.29. The van der Waals surface area contributed by atoms with Crippen molar-refractivity contribution in [3.05, 3.63) is 76.1 Å². The summed E-state index contributed by atoms with van der Waals surface area (Å²) in [5.41, 5.74) is 7.17. The molecule has 0 aliphatic carbocycles. The Hall–Kier alpha value is -4.28. The van der Waals surface area contributed by atoms with E-state index in [0.29, 0.717) is 27.6 Å². The van der Waals surface area contributed by atoms with Crippen LogP contribution in [-0.4, -0.2) is 34.5 Å². The highest BCUT2D eigenvalue weighted by Crippen LogP contribution is 2.25. The van der Waals surface area contributed by atoms with E-state index in [1.54, 1.807) is 32.0 Å². The molecule has 0 radical (unpaired) electrons. The number of fused-ring (bicyclic) bond motifs is 2. The van der Waals surface area contributed by atoms with E-state index in [1.807, 2.05) is 0 Å². The Morgan fingerprint density at radius 2 is 1.84 bits per heavy atom. The molecule has 2 aromatic carbocycles. The molecule has 0 saturated heterocycles. The number of aromatic nitrogens is 7. The maximum absolute atomic E-state index is 14.1. The summed E-state index contributed by atoms with van der Waals surface area (Å²) in [7, 11) is 0. The van der Waals surface area contributed by atoms with Gasteiger partial charge in [0, 0.05) is 6.07 Å². The highest BCUT2D eigenvalue weighted by Gasteiger charge is 2.24. The second-order valence-corrected chi connectivity index (χ2v) is 7.35. The number of rotatable bonds is 3. The summed E-state index contributed by atoms with van der Waals surface area (Å²) in [6.45, 7) is 3.50. The molecule has 0 amide bonds. The molecule has 32 heavy (non-hydrogen) atoms. The Morgan fingerprint density at radius 3 is 2.59 bits per heavy atom. The van der Waals surface area contributed by atoms with Crippen LogP contribution in [0.4, 0.5) is 14.6 Å².